The van der Waals surface area contributed by atoms with Crippen molar-refractivity contribution in [1.82, 2.24) is 20.9 Å². The summed E-state index contributed by atoms with van der Waals surface area (Å²) in [5, 5.41) is 20.4. The molecule has 25 heteroatoms. The fraction of sp³-hybridized carbons (Fsp3) is 0.344. The predicted molar refractivity (Wildman–Crippen MR) is 327 cm³/mol. The largest absolute Gasteiger partial charge is 0.496 e. The van der Waals surface area contributed by atoms with E-state index in [0.29, 0.717) is 58.2 Å². The van der Waals surface area contributed by atoms with Crippen LogP contribution in [0, 0.1) is 0 Å². The number of rotatable bonds is 33. The van der Waals surface area contributed by atoms with E-state index in [2.05, 4.69) is 42.2 Å². The van der Waals surface area contributed by atoms with Crippen LogP contribution in [-0.2, 0) is 25.6 Å². The van der Waals surface area contributed by atoms with Crippen molar-refractivity contribution < 1.29 is 57.3 Å². The van der Waals surface area contributed by atoms with E-state index in [4.69, 9.17) is 47.6 Å². The van der Waals surface area contributed by atoms with Crippen molar-refractivity contribution >= 4 is 80.9 Å². The van der Waals surface area contributed by atoms with Gasteiger partial charge in [0.15, 0.2) is 0 Å². The van der Waals surface area contributed by atoms with Crippen molar-refractivity contribution in [2.75, 3.05) is 69.3 Å². The lowest BCUT2D eigenvalue weighted by atomic mass is 10.0. The van der Waals surface area contributed by atoms with E-state index in [1.165, 1.54) is 95.2 Å². The second-order valence-corrected chi connectivity index (χ2v) is 20.1. The zero-order chi connectivity index (χ0) is 62.3. The standard InChI is InChI=1S/C61H77N13O12/c1-83-50-22-18-36(30-41(50)54(66)75)69-59(80)47(15-7-10-26-62)72-56(77)43-32-38(20-24-52(43)85-3)71-61(82)49(17-9-12-28-64)74-57(78)44-33-39(21-25-53(44)86-4)70-60(81)48(16-8-11-27-63)73-55(76)42-31-37(19-23-51(42)84-2)68-58(79)45(65)29-35-34-67-46-14-6-5-13-40(35)46/h5-6,13-14,18-25,30-34,45,47-49,67H,7-12,15-17,26-29,62-65H2,1-4H3,(H2,66,75)(H,68,79)(H,69,80)(H,70,81)(H,71,82)(H,72,77)(H,73,76)(H,74,78)/t45-,47-,48-,49-/m0/s1. The first-order valence-electron chi connectivity index (χ1n) is 28.0. The number of fused-ring (bicyclic) bond motifs is 1. The molecule has 0 unspecified atom stereocenters. The Morgan fingerprint density at radius 1 is 0.453 bits per heavy atom. The van der Waals surface area contributed by atoms with Crippen LogP contribution in [0.2, 0.25) is 0 Å². The number of carbonyl (C=O) groups excluding carboxylic acids is 8. The summed E-state index contributed by atoms with van der Waals surface area (Å²) in [7, 11) is 5.45. The number of H-pyrrole nitrogens is 1. The highest BCUT2D eigenvalue weighted by Gasteiger charge is 2.29. The lowest BCUT2D eigenvalue weighted by molar-refractivity contribution is -0.118. The average molecular weight is 1180 g/mol. The smallest absolute Gasteiger partial charge is 0.255 e. The number of amides is 8. The van der Waals surface area contributed by atoms with E-state index in [0.717, 1.165) is 16.5 Å². The number of nitrogens with one attached hydrogen (secondary N) is 8. The van der Waals surface area contributed by atoms with Gasteiger partial charge in [-0.2, -0.15) is 0 Å². The summed E-state index contributed by atoms with van der Waals surface area (Å²) in [5.74, 6) is -4.71. The summed E-state index contributed by atoms with van der Waals surface area (Å²) < 4.78 is 21.8. The first-order valence-corrected chi connectivity index (χ1v) is 28.0. The van der Waals surface area contributed by atoms with Gasteiger partial charge in [0, 0.05) is 39.8 Å². The second-order valence-electron chi connectivity index (χ2n) is 20.1. The fourth-order valence-electron chi connectivity index (χ4n) is 9.41. The maximum atomic E-state index is 14.3. The van der Waals surface area contributed by atoms with Gasteiger partial charge in [0.2, 0.25) is 23.6 Å². The SMILES string of the molecule is COc1ccc(NC(=O)[C@H](CCCCN)NC(=O)c2cc(NC(=O)[C@H](CCCCN)NC(=O)c3cc(NC(=O)[C@H](CCCCN)NC(=O)c4cc(NC(=O)[C@@H](N)Cc5c[nH]c6ccccc56)ccc4OC)ccc3OC)ccc2OC)cc1C(N)=O. The average Bonchev–Trinajstić information content (AvgIpc) is 2.96. The Hall–Kier alpha value is -9.56. The maximum Gasteiger partial charge on any atom is 0.255 e. The van der Waals surface area contributed by atoms with Crippen LogP contribution in [0.1, 0.15) is 105 Å². The molecule has 0 saturated carbocycles. The number of aromatic amines is 1. The van der Waals surface area contributed by atoms with E-state index in [9.17, 15) is 38.4 Å². The Labute approximate surface area is 497 Å². The van der Waals surface area contributed by atoms with Crippen LogP contribution in [-0.4, -0.2) is 124 Å². The van der Waals surface area contributed by atoms with Crippen molar-refractivity contribution in [3.05, 3.63) is 131 Å². The maximum absolute atomic E-state index is 14.3. The summed E-state index contributed by atoms with van der Waals surface area (Å²) in [6, 6.07) is 20.8. The normalized spacial score (nSPS) is 12.3. The van der Waals surface area contributed by atoms with Gasteiger partial charge in [-0.15, -0.1) is 0 Å². The number of primary amides is 1. The molecule has 0 radical (unpaired) electrons. The van der Waals surface area contributed by atoms with Crippen molar-refractivity contribution in [3.8, 4) is 23.0 Å². The van der Waals surface area contributed by atoms with Gasteiger partial charge in [-0.1, -0.05) is 18.2 Å². The lowest BCUT2D eigenvalue weighted by Crippen LogP contribution is -2.44. The number of unbranched alkanes of at least 4 members (excludes halogenated alkanes) is 3. The number of ether oxygens (including phenoxy) is 4. The highest BCUT2D eigenvalue weighted by Crippen LogP contribution is 2.29. The number of aromatic nitrogens is 1. The van der Waals surface area contributed by atoms with Gasteiger partial charge in [-0.3, -0.25) is 38.4 Å². The van der Waals surface area contributed by atoms with Crippen LogP contribution in [0.5, 0.6) is 23.0 Å². The molecular formula is C61H77N13O12. The van der Waals surface area contributed by atoms with Gasteiger partial charge in [0.1, 0.15) is 41.1 Å². The van der Waals surface area contributed by atoms with E-state index < -0.39 is 71.4 Å². The summed E-state index contributed by atoms with van der Waals surface area (Å²) in [6.07, 6.45) is 5.50. The Balaban J connectivity index is 1.16. The molecule has 1 heterocycles. The molecule has 25 nitrogen and oxygen atoms in total. The number of benzene rings is 5. The Kier molecular flexibility index (Phi) is 24.8. The first kappa shape index (κ1) is 65.6. The molecule has 0 aliphatic carbocycles. The number of anilines is 4. The van der Waals surface area contributed by atoms with Gasteiger partial charge in [0.25, 0.3) is 23.6 Å². The van der Waals surface area contributed by atoms with Crippen LogP contribution < -0.4 is 84.8 Å². The van der Waals surface area contributed by atoms with Crippen LogP contribution in [0.25, 0.3) is 10.9 Å². The van der Waals surface area contributed by atoms with Crippen LogP contribution in [0.4, 0.5) is 22.7 Å². The monoisotopic (exact) mass is 1180 g/mol. The van der Waals surface area contributed by atoms with Crippen molar-refractivity contribution in [3.63, 3.8) is 0 Å². The third-order valence-corrected chi connectivity index (χ3v) is 14.0. The summed E-state index contributed by atoms with van der Waals surface area (Å²) >= 11 is 0. The molecule has 0 saturated heterocycles. The summed E-state index contributed by atoms with van der Waals surface area (Å²) in [6.45, 7) is 0.981. The van der Waals surface area contributed by atoms with Crippen molar-refractivity contribution in [1.29, 1.82) is 0 Å². The Morgan fingerprint density at radius 2 is 0.791 bits per heavy atom. The lowest BCUT2D eigenvalue weighted by Gasteiger charge is -2.22. The summed E-state index contributed by atoms with van der Waals surface area (Å²) in [5.41, 5.74) is 31.8. The number of hydrogen-bond donors (Lipinski definition) is 13. The highest BCUT2D eigenvalue weighted by atomic mass is 16.5. The minimum Gasteiger partial charge on any atom is -0.496 e. The third-order valence-electron chi connectivity index (χ3n) is 14.0. The van der Waals surface area contributed by atoms with Crippen molar-refractivity contribution in [2.24, 2.45) is 28.7 Å². The first-order chi connectivity index (χ1) is 41.4. The Bertz CT molecular complexity index is 3370. The van der Waals surface area contributed by atoms with E-state index in [1.54, 1.807) is 6.07 Å². The minimum atomic E-state index is -1.17. The van der Waals surface area contributed by atoms with Crippen LogP contribution in [0.3, 0.4) is 0 Å². The van der Waals surface area contributed by atoms with Gasteiger partial charge in [-0.25, -0.2) is 0 Å². The molecule has 0 aliphatic rings. The van der Waals surface area contributed by atoms with Gasteiger partial charge >= 0.3 is 0 Å². The fourth-order valence-corrected chi connectivity index (χ4v) is 9.41. The molecule has 1 aromatic heterocycles. The molecule has 0 bridgehead atoms. The molecule has 8 amide bonds. The Morgan fingerprint density at radius 3 is 1.14 bits per heavy atom. The van der Waals surface area contributed by atoms with Crippen LogP contribution in [0.15, 0.2) is 103 Å². The van der Waals surface area contributed by atoms with Gasteiger partial charge in [-0.05, 0) is 168 Å². The third kappa shape index (κ3) is 18.0. The number of para-hydroxylation sites is 1. The molecule has 4 atom stereocenters. The second kappa shape index (κ2) is 32.5. The number of nitrogens with two attached hydrogens (primary N) is 5. The molecule has 458 valence electrons. The van der Waals surface area contributed by atoms with Crippen molar-refractivity contribution in [2.45, 2.75) is 88.4 Å². The van der Waals surface area contributed by atoms with E-state index in [-0.39, 0.29) is 93.7 Å². The zero-order valence-corrected chi connectivity index (χ0v) is 48.6. The molecule has 6 aromatic rings. The highest BCUT2D eigenvalue weighted by molar-refractivity contribution is 6.08. The molecule has 18 N–H and O–H groups in total. The summed E-state index contributed by atoms with van der Waals surface area (Å²) in [4.78, 5) is 113. The molecule has 0 fully saturated rings. The minimum absolute atomic E-state index is 0.0218. The molecule has 6 rings (SSSR count). The molecule has 0 spiro atoms. The van der Waals surface area contributed by atoms with Gasteiger partial charge < -0.3 is 89.8 Å². The van der Waals surface area contributed by atoms with E-state index >= 15 is 0 Å². The van der Waals surface area contributed by atoms with E-state index in [1.807, 2.05) is 30.5 Å². The number of hydrogen-bond acceptors (Lipinski definition) is 16. The molecule has 86 heavy (non-hydrogen) atoms. The molecule has 5 aromatic carbocycles. The number of methoxy groups -OCH3 is 4. The van der Waals surface area contributed by atoms with Crippen LogP contribution >= 0.6 is 0 Å². The zero-order valence-electron chi connectivity index (χ0n) is 48.6. The predicted octanol–water partition coefficient (Wildman–Crippen LogP) is 4.41. The quantitative estimate of drug-likeness (QED) is 0.0254. The topological polar surface area (TPSA) is 404 Å². The molecular weight excluding hydrogens is 1110 g/mol. The molecule has 0 aliphatic heterocycles. The van der Waals surface area contributed by atoms with Gasteiger partial charge in [0.05, 0.1) is 56.7 Å². The number of carbonyl (C=O) groups is 8.